The molecule has 0 fully saturated rings. The van der Waals surface area contributed by atoms with Gasteiger partial charge in [0.15, 0.2) is 0 Å². The highest BCUT2D eigenvalue weighted by molar-refractivity contribution is 6.17. The van der Waals surface area contributed by atoms with Crippen LogP contribution >= 0.6 is 0 Å². The predicted molar refractivity (Wildman–Crippen MR) is 167 cm³/mol. The number of benzene rings is 1. The van der Waals surface area contributed by atoms with Crippen LogP contribution in [0.3, 0.4) is 0 Å². The molecule has 1 N–H and O–H groups in total. The average Bonchev–Trinajstić information content (AvgIpc) is 2.97. The summed E-state index contributed by atoms with van der Waals surface area (Å²) in [4.78, 5) is 36.8. The first kappa shape index (κ1) is 36.4. The van der Waals surface area contributed by atoms with E-state index in [1.165, 1.54) is 108 Å². The largest absolute Gasteiger partial charge is 0.478 e. The van der Waals surface area contributed by atoms with Crippen molar-refractivity contribution in [2.75, 3.05) is 13.2 Å². The Kier molecular flexibility index (Phi) is 22.3. The maximum atomic E-state index is 12.8. The minimum absolute atomic E-state index is 0.135. The molecule has 0 heterocycles. The first-order valence-electron chi connectivity index (χ1n) is 16.4. The molecule has 0 unspecified atom stereocenters. The smallest absolute Gasteiger partial charge is 0.345 e. The van der Waals surface area contributed by atoms with Gasteiger partial charge in [0.05, 0.1) is 18.8 Å². The quantitative estimate of drug-likeness (QED) is 0.0391. The van der Waals surface area contributed by atoms with Crippen LogP contribution in [0.4, 0.5) is 0 Å². The Hall–Kier alpha value is -2.63. The van der Waals surface area contributed by atoms with Crippen molar-refractivity contribution >= 4 is 24.0 Å². The molecular formula is C35H56O6. The molecule has 1 rings (SSSR count). The summed E-state index contributed by atoms with van der Waals surface area (Å²) in [5.74, 6) is -2.43. The lowest BCUT2D eigenvalue weighted by Gasteiger charge is -2.10. The van der Waals surface area contributed by atoms with Gasteiger partial charge in [-0.2, -0.15) is 0 Å². The minimum atomic E-state index is -1.03. The van der Waals surface area contributed by atoms with Gasteiger partial charge in [0.2, 0.25) is 0 Å². The van der Waals surface area contributed by atoms with Crippen LogP contribution in [0.25, 0.3) is 6.08 Å². The third-order valence-electron chi connectivity index (χ3n) is 7.37. The number of hydrogen-bond acceptors (Lipinski definition) is 5. The number of rotatable bonds is 26. The van der Waals surface area contributed by atoms with Gasteiger partial charge in [-0.25, -0.2) is 14.4 Å². The Morgan fingerprint density at radius 1 is 0.561 bits per heavy atom. The fourth-order valence-corrected chi connectivity index (χ4v) is 4.75. The van der Waals surface area contributed by atoms with Crippen LogP contribution < -0.4 is 0 Å². The molecule has 0 spiro atoms. The highest BCUT2D eigenvalue weighted by Gasteiger charge is 2.21. The van der Waals surface area contributed by atoms with E-state index in [1.807, 2.05) is 0 Å². The molecule has 0 aliphatic heterocycles. The van der Waals surface area contributed by atoms with Crippen molar-refractivity contribution in [1.82, 2.24) is 0 Å². The molecule has 41 heavy (non-hydrogen) atoms. The van der Waals surface area contributed by atoms with E-state index in [4.69, 9.17) is 14.6 Å². The summed E-state index contributed by atoms with van der Waals surface area (Å²) in [7, 11) is 0. The SMILES string of the molecule is CCCCCCCCCCCCOC(=O)C(=Cc1ccc(C(=O)O)cc1)C(=O)OCCCCCCCCCCCC. The first-order chi connectivity index (χ1) is 20.0. The molecule has 0 aliphatic rings. The van der Waals surface area contributed by atoms with Crippen LogP contribution in [0.5, 0.6) is 0 Å². The van der Waals surface area contributed by atoms with Crippen molar-refractivity contribution in [3.05, 3.63) is 41.0 Å². The second-order valence-corrected chi connectivity index (χ2v) is 11.1. The van der Waals surface area contributed by atoms with Crippen LogP contribution in [-0.2, 0) is 19.1 Å². The second kappa shape index (κ2) is 25.1. The van der Waals surface area contributed by atoms with Crippen molar-refractivity contribution in [1.29, 1.82) is 0 Å². The van der Waals surface area contributed by atoms with Crippen LogP contribution in [0, 0.1) is 0 Å². The maximum absolute atomic E-state index is 12.8. The van der Waals surface area contributed by atoms with E-state index in [0.29, 0.717) is 5.56 Å². The summed E-state index contributed by atoms with van der Waals surface area (Å²) in [6.07, 6.45) is 25.1. The molecule has 0 aliphatic carbocycles. The Morgan fingerprint density at radius 2 is 0.902 bits per heavy atom. The molecule has 232 valence electrons. The van der Waals surface area contributed by atoms with Gasteiger partial charge in [0.1, 0.15) is 5.57 Å². The van der Waals surface area contributed by atoms with Crippen molar-refractivity contribution in [2.24, 2.45) is 0 Å². The Balaban J connectivity index is 2.46. The summed E-state index contributed by atoms with van der Waals surface area (Å²) in [5.41, 5.74) is 0.514. The lowest BCUT2D eigenvalue weighted by molar-refractivity contribution is -0.147. The number of esters is 2. The molecule has 0 amide bonds. The van der Waals surface area contributed by atoms with Crippen LogP contribution in [0.15, 0.2) is 29.8 Å². The second-order valence-electron chi connectivity index (χ2n) is 11.1. The third kappa shape index (κ3) is 19.2. The zero-order valence-electron chi connectivity index (χ0n) is 25.9. The van der Waals surface area contributed by atoms with Gasteiger partial charge in [-0.3, -0.25) is 0 Å². The topological polar surface area (TPSA) is 89.9 Å². The number of carbonyl (C=O) groups excluding carboxylic acids is 2. The zero-order chi connectivity index (χ0) is 30.0. The summed E-state index contributed by atoms with van der Waals surface area (Å²) in [6.45, 7) is 4.98. The molecule has 0 radical (unpaired) electrons. The van der Waals surface area contributed by atoms with E-state index in [-0.39, 0.29) is 24.4 Å². The number of carbonyl (C=O) groups is 3. The third-order valence-corrected chi connectivity index (χ3v) is 7.37. The van der Waals surface area contributed by atoms with E-state index in [2.05, 4.69) is 13.8 Å². The molecule has 6 nitrogen and oxygen atoms in total. The van der Waals surface area contributed by atoms with Gasteiger partial charge in [-0.05, 0) is 36.6 Å². The van der Waals surface area contributed by atoms with E-state index in [9.17, 15) is 14.4 Å². The number of hydrogen-bond donors (Lipinski definition) is 1. The van der Waals surface area contributed by atoms with Crippen molar-refractivity contribution in [3.8, 4) is 0 Å². The molecule has 1 aromatic rings. The van der Waals surface area contributed by atoms with Crippen LogP contribution in [0.1, 0.15) is 158 Å². The predicted octanol–water partition coefficient (Wildman–Crippen LogP) is 9.70. The van der Waals surface area contributed by atoms with Gasteiger partial charge in [-0.15, -0.1) is 0 Å². The average molecular weight is 573 g/mol. The van der Waals surface area contributed by atoms with Gasteiger partial charge in [0.25, 0.3) is 0 Å². The fourth-order valence-electron chi connectivity index (χ4n) is 4.75. The lowest BCUT2D eigenvalue weighted by Crippen LogP contribution is -2.19. The number of carboxylic acids is 1. The van der Waals surface area contributed by atoms with E-state index in [1.54, 1.807) is 12.1 Å². The zero-order valence-corrected chi connectivity index (χ0v) is 25.9. The number of ether oxygens (including phenoxy) is 2. The molecule has 0 saturated heterocycles. The molecule has 0 aromatic heterocycles. The number of unbranched alkanes of at least 4 members (excludes halogenated alkanes) is 18. The van der Waals surface area contributed by atoms with E-state index < -0.39 is 17.9 Å². The minimum Gasteiger partial charge on any atom is -0.478 e. The van der Waals surface area contributed by atoms with Gasteiger partial charge in [0, 0.05) is 0 Å². The normalized spacial score (nSPS) is 10.8. The standard InChI is InChI=1S/C35H56O6/c1-3-5-7-9-11-13-15-17-19-21-27-40-34(38)32(29-30-23-25-31(26-24-30)33(36)37)35(39)41-28-22-20-18-16-14-12-10-8-6-4-2/h23-26,29H,3-22,27-28H2,1-2H3,(H,36,37). The summed E-state index contributed by atoms with van der Waals surface area (Å²) >= 11 is 0. The molecule has 6 heteroatoms. The van der Waals surface area contributed by atoms with Crippen LogP contribution in [-0.4, -0.2) is 36.2 Å². The van der Waals surface area contributed by atoms with Crippen LogP contribution in [0.2, 0.25) is 0 Å². The maximum Gasteiger partial charge on any atom is 0.345 e. The number of aromatic carboxylic acids is 1. The van der Waals surface area contributed by atoms with Crippen molar-refractivity contribution < 1.29 is 29.0 Å². The van der Waals surface area contributed by atoms with E-state index >= 15 is 0 Å². The summed E-state index contributed by atoms with van der Waals surface area (Å²) in [6, 6.07) is 6.01. The van der Waals surface area contributed by atoms with Crippen molar-refractivity contribution in [3.63, 3.8) is 0 Å². The highest BCUT2D eigenvalue weighted by atomic mass is 16.6. The summed E-state index contributed by atoms with van der Waals surface area (Å²) < 4.78 is 10.9. The fraction of sp³-hybridized carbons (Fsp3) is 0.686. The molecular weight excluding hydrogens is 516 g/mol. The van der Waals surface area contributed by atoms with Gasteiger partial charge < -0.3 is 14.6 Å². The Labute approximate surface area is 249 Å². The van der Waals surface area contributed by atoms with Crippen molar-refractivity contribution in [2.45, 2.75) is 142 Å². The number of carboxylic acid groups (broad SMARTS) is 1. The van der Waals surface area contributed by atoms with Gasteiger partial charge >= 0.3 is 17.9 Å². The molecule has 1 aromatic carbocycles. The monoisotopic (exact) mass is 572 g/mol. The van der Waals surface area contributed by atoms with E-state index in [0.717, 1.165) is 38.5 Å². The van der Waals surface area contributed by atoms with Gasteiger partial charge in [-0.1, -0.05) is 142 Å². The molecule has 0 saturated carbocycles. The highest BCUT2D eigenvalue weighted by Crippen LogP contribution is 2.15. The Bertz CT molecular complexity index is 818. The molecule has 0 bridgehead atoms. The summed E-state index contributed by atoms with van der Waals surface area (Å²) in [5, 5.41) is 9.13. The molecule has 0 atom stereocenters. The lowest BCUT2D eigenvalue weighted by atomic mass is 10.1. The Morgan fingerprint density at radius 3 is 1.24 bits per heavy atom. The first-order valence-corrected chi connectivity index (χ1v) is 16.4.